The second-order valence-corrected chi connectivity index (χ2v) is 4.23. The van der Waals surface area contributed by atoms with Gasteiger partial charge in [0.05, 0.1) is 5.41 Å². The van der Waals surface area contributed by atoms with Crippen molar-refractivity contribution in [1.29, 1.82) is 0 Å². The zero-order valence-electron chi connectivity index (χ0n) is 8.41. The molecule has 1 atom stereocenters. The quantitative estimate of drug-likeness (QED) is 0.708. The first kappa shape index (κ1) is 10.2. The van der Waals surface area contributed by atoms with Crippen LogP contribution in [0.2, 0.25) is 0 Å². The molecule has 76 valence electrons. The van der Waals surface area contributed by atoms with Gasteiger partial charge in [0.1, 0.15) is 0 Å². The number of rotatable bonds is 1. The Balaban J connectivity index is 2.51. The zero-order chi connectivity index (χ0) is 10.9. The van der Waals surface area contributed by atoms with Crippen molar-refractivity contribution >= 4 is 17.4 Å². The maximum Gasteiger partial charge on any atom is 0.169 e. The average molecular weight is 219 g/mol. The summed E-state index contributed by atoms with van der Waals surface area (Å²) in [5, 5.41) is 0.612. The topological polar surface area (TPSA) is 17.1 Å². The molecule has 0 aromatic heterocycles. The third kappa shape index (κ3) is 1.75. The van der Waals surface area contributed by atoms with Crippen molar-refractivity contribution in [2.75, 3.05) is 0 Å². The van der Waals surface area contributed by atoms with Crippen molar-refractivity contribution in [3.8, 4) is 0 Å². The van der Waals surface area contributed by atoms with Gasteiger partial charge in [0, 0.05) is 5.03 Å². The second kappa shape index (κ2) is 3.67. The van der Waals surface area contributed by atoms with E-state index in [1.54, 1.807) is 12.2 Å². The van der Waals surface area contributed by atoms with E-state index in [0.29, 0.717) is 5.03 Å². The molecule has 15 heavy (non-hydrogen) atoms. The van der Waals surface area contributed by atoms with Crippen LogP contribution in [0, 0.1) is 0 Å². The Morgan fingerprint density at radius 1 is 1.13 bits per heavy atom. The zero-order valence-corrected chi connectivity index (χ0v) is 9.16. The van der Waals surface area contributed by atoms with Gasteiger partial charge in [0.2, 0.25) is 0 Å². The lowest BCUT2D eigenvalue weighted by Crippen LogP contribution is -2.30. The first-order valence-corrected chi connectivity index (χ1v) is 5.17. The number of hydrogen-bond donors (Lipinski definition) is 0. The van der Waals surface area contributed by atoms with E-state index in [1.165, 1.54) is 6.08 Å². The Labute approximate surface area is 94.1 Å². The van der Waals surface area contributed by atoms with E-state index in [0.717, 1.165) is 5.56 Å². The molecule has 2 rings (SSSR count). The molecule has 1 aliphatic carbocycles. The van der Waals surface area contributed by atoms with Gasteiger partial charge in [-0.25, -0.2) is 0 Å². The van der Waals surface area contributed by atoms with Crippen LogP contribution in [0.5, 0.6) is 0 Å². The summed E-state index contributed by atoms with van der Waals surface area (Å²) in [7, 11) is 0. The van der Waals surface area contributed by atoms with E-state index in [-0.39, 0.29) is 5.78 Å². The van der Waals surface area contributed by atoms with Crippen molar-refractivity contribution < 1.29 is 4.79 Å². The fraction of sp³-hybridized carbons (Fsp3) is 0.154. The first-order valence-electron chi connectivity index (χ1n) is 4.79. The summed E-state index contributed by atoms with van der Waals surface area (Å²) in [5.41, 5.74) is 0.352. The normalized spacial score (nSPS) is 25.2. The fourth-order valence-corrected chi connectivity index (χ4v) is 2.01. The number of carbonyl (C=O) groups is 1. The Morgan fingerprint density at radius 2 is 1.80 bits per heavy atom. The molecule has 1 aliphatic rings. The third-order valence-electron chi connectivity index (χ3n) is 2.71. The summed E-state index contributed by atoms with van der Waals surface area (Å²) < 4.78 is 0. The molecule has 0 aliphatic heterocycles. The van der Waals surface area contributed by atoms with Crippen molar-refractivity contribution in [2.24, 2.45) is 0 Å². The molecule has 0 heterocycles. The predicted octanol–water partition coefficient (Wildman–Crippen LogP) is 3.21. The molecule has 0 saturated carbocycles. The Bertz CT molecular complexity index is 445. The van der Waals surface area contributed by atoms with Gasteiger partial charge in [-0.15, -0.1) is 0 Å². The van der Waals surface area contributed by atoms with Crippen LogP contribution in [-0.2, 0) is 10.2 Å². The van der Waals surface area contributed by atoms with Gasteiger partial charge < -0.3 is 0 Å². The highest BCUT2D eigenvalue weighted by Crippen LogP contribution is 2.32. The molecular weight excluding hydrogens is 208 g/mol. The van der Waals surface area contributed by atoms with Crippen LogP contribution in [0.4, 0.5) is 0 Å². The lowest BCUT2D eigenvalue weighted by atomic mass is 9.76. The van der Waals surface area contributed by atoms with Crippen LogP contribution in [0.15, 0.2) is 53.6 Å². The van der Waals surface area contributed by atoms with Gasteiger partial charge in [-0.2, -0.15) is 0 Å². The van der Waals surface area contributed by atoms with Gasteiger partial charge >= 0.3 is 0 Å². The summed E-state index contributed by atoms with van der Waals surface area (Å²) in [6.45, 7) is 1.89. The third-order valence-corrected chi connectivity index (χ3v) is 2.94. The SMILES string of the molecule is CC1(c2ccccc2)C=C(Cl)C=CC1=O. The van der Waals surface area contributed by atoms with Crippen LogP contribution in [0.1, 0.15) is 12.5 Å². The minimum atomic E-state index is -0.618. The largest absolute Gasteiger partial charge is 0.293 e. The number of halogens is 1. The molecule has 0 bridgehead atoms. The standard InChI is InChI=1S/C13H11ClO/c1-13(10-5-3-2-4-6-10)9-11(14)7-8-12(13)15/h2-9H,1H3. The van der Waals surface area contributed by atoms with Crippen LogP contribution in [0.25, 0.3) is 0 Å². The Morgan fingerprint density at radius 3 is 2.47 bits per heavy atom. The minimum absolute atomic E-state index is 0.0677. The van der Waals surface area contributed by atoms with E-state index < -0.39 is 5.41 Å². The molecule has 1 nitrogen and oxygen atoms in total. The highest BCUT2D eigenvalue weighted by molar-refractivity contribution is 6.32. The monoisotopic (exact) mass is 218 g/mol. The smallest absolute Gasteiger partial charge is 0.169 e. The van der Waals surface area contributed by atoms with E-state index >= 15 is 0 Å². The van der Waals surface area contributed by atoms with Crippen molar-refractivity contribution in [2.45, 2.75) is 12.3 Å². The highest BCUT2D eigenvalue weighted by Gasteiger charge is 2.33. The van der Waals surface area contributed by atoms with Crippen molar-refractivity contribution in [1.82, 2.24) is 0 Å². The van der Waals surface area contributed by atoms with Crippen LogP contribution < -0.4 is 0 Å². The van der Waals surface area contributed by atoms with Gasteiger partial charge in [0.25, 0.3) is 0 Å². The van der Waals surface area contributed by atoms with Crippen molar-refractivity contribution in [3.05, 3.63) is 59.2 Å². The van der Waals surface area contributed by atoms with Crippen LogP contribution in [-0.4, -0.2) is 5.78 Å². The minimum Gasteiger partial charge on any atom is -0.293 e. The molecule has 0 fully saturated rings. The van der Waals surface area contributed by atoms with Crippen molar-refractivity contribution in [3.63, 3.8) is 0 Å². The van der Waals surface area contributed by atoms with Gasteiger partial charge in [-0.3, -0.25) is 4.79 Å². The number of ketones is 1. The number of carbonyl (C=O) groups excluding carboxylic acids is 1. The number of allylic oxidation sites excluding steroid dienone is 4. The predicted molar refractivity (Wildman–Crippen MR) is 61.9 cm³/mol. The molecular formula is C13H11ClO. The van der Waals surface area contributed by atoms with Gasteiger partial charge in [-0.05, 0) is 30.7 Å². The molecule has 1 aromatic rings. The maximum atomic E-state index is 11.9. The lowest BCUT2D eigenvalue weighted by Gasteiger charge is -2.26. The van der Waals surface area contributed by atoms with Gasteiger partial charge in [0.15, 0.2) is 5.78 Å². The first-order chi connectivity index (χ1) is 7.13. The summed E-state index contributed by atoms with van der Waals surface area (Å²) in [6, 6.07) is 9.67. The Kier molecular flexibility index (Phi) is 2.49. The molecule has 1 aromatic carbocycles. The molecule has 2 heteroatoms. The van der Waals surface area contributed by atoms with Crippen LogP contribution >= 0.6 is 11.6 Å². The molecule has 0 radical (unpaired) electrons. The number of benzene rings is 1. The second-order valence-electron chi connectivity index (χ2n) is 3.80. The molecule has 0 spiro atoms. The summed E-state index contributed by atoms with van der Waals surface area (Å²) in [5.74, 6) is 0.0677. The molecule has 0 saturated heterocycles. The summed E-state index contributed by atoms with van der Waals surface area (Å²) >= 11 is 5.94. The molecule has 0 amide bonds. The van der Waals surface area contributed by atoms with Gasteiger partial charge in [-0.1, -0.05) is 41.9 Å². The molecule has 0 N–H and O–H groups in total. The summed E-state index contributed by atoms with van der Waals surface area (Å²) in [6.07, 6.45) is 4.97. The van der Waals surface area contributed by atoms with E-state index in [9.17, 15) is 4.79 Å². The van der Waals surface area contributed by atoms with E-state index in [2.05, 4.69) is 0 Å². The molecule has 1 unspecified atom stereocenters. The van der Waals surface area contributed by atoms with E-state index in [4.69, 9.17) is 11.6 Å². The fourth-order valence-electron chi connectivity index (χ4n) is 1.73. The maximum absolute atomic E-state index is 11.9. The number of hydrogen-bond acceptors (Lipinski definition) is 1. The lowest BCUT2D eigenvalue weighted by molar-refractivity contribution is -0.118. The Hall–Kier alpha value is -1.34. The van der Waals surface area contributed by atoms with Crippen LogP contribution in [0.3, 0.4) is 0 Å². The highest BCUT2D eigenvalue weighted by atomic mass is 35.5. The van der Waals surface area contributed by atoms with E-state index in [1.807, 2.05) is 37.3 Å². The average Bonchev–Trinajstić information content (AvgIpc) is 2.25. The summed E-state index contributed by atoms with van der Waals surface area (Å²) in [4.78, 5) is 11.9.